The number of hydrogen-bond donors (Lipinski definition) is 1. The standard InChI is InChI=1S/C26H23N3O7/c1-28-22(31)20-14-18(25(33)36-23(20)29(2)26(28)34)13-19(27-21(30)16-9-5-3-6-10-16)15-35-24(32)17-11-7-4-8-12-17/h3-12,14,19H,13,15H2,1-2H3,(H,27,30)/t19-/m0/s1. The smallest absolute Gasteiger partial charge is 0.340 e. The van der Waals surface area contributed by atoms with Crippen molar-refractivity contribution < 1.29 is 18.7 Å². The van der Waals surface area contributed by atoms with Gasteiger partial charge >= 0.3 is 17.3 Å². The molecule has 4 aromatic rings. The van der Waals surface area contributed by atoms with Crippen molar-refractivity contribution in [3.05, 3.63) is 115 Å². The normalized spacial score (nSPS) is 11.7. The molecule has 1 amide bonds. The molecule has 10 heteroatoms. The van der Waals surface area contributed by atoms with Crippen molar-refractivity contribution in [2.45, 2.75) is 12.5 Å². The topological polar surface area (TPSA) is 130 Å². The van der Waals surface area contributed by atoms with Crippen LogP contribution in [0.4, 0.5) is 0 Å². The summed E-state index contributed by atoms with van der Waals surface area (Å²) in [5, 5.41) is 2.81. The van der Waals surface area contributed by atoms with E-state index in [1.54, 1.807) is 60.7 Å². The van der Waals surface area contributed by atoms with Crippen LogP contribution < -0.4 is 22.2 Å². The SMILES string of the molecule is Cn1c(=O)c2cc(C[C@@H](COC(=O)c3ccccc3)NC(=O)c3ccccc3)c(=O)oc2n(C)c1=O. The van der Waals surface area contributed by atoms with Gasteiger partial charge in [-0.15, -0.1) is 0 Å². The summed E-state index contributed by atoms with van der Waals surface area (Å²) in [6.07, 6.45) is -0.0923. The second-order valence-corrected chi connectivity index (χ2v) is 8.19. The van der Waals surface area contributed by atoms with Crippen LogP contribution in [0.5, 0.6) is 0 Å². The Morgan fingerprint density at radius 2 is 1.53 bits per heavy atom. The number of nitrogens with zero attached hydrogens (tertiary/aromatic N) is 2. The van der Waals surface area contributed by atoms with Crippen LogP contribution in [0.15, 0.2) is 85.5 Å². The first-order chi connectivity index (χ1) is 17.3. The fraction of sp³-hybridized carbons (Fsp3) is 0.192. The maximum atomic E-state index is 12.8. The first-order valence-corrected chi connectivity index (χ1v) is 11.1. The molecule has 2 heterocycles. The molecule has 10 nitrogen and oxygen atoms in total. The molecule has 36 heavy (non-hydrogen) atoms. The number of amides is 1. The van der Waals surface area contributed by atoms with Crippen molar-refractivity contribution in [3.63, 3.8) is 0 Å². The molecule has 2 aromatic carbocycles. The fourth-order valence-electron chi connectivity index (χ4n) is 3.74. The summed E-state index contributed by atoms with van der Waals surface area (Å²) in [5.41, 5.74) is -1.40. The minimum atomic E-state index is -0.817. The van der Waals surface area contributed by atoms with Gasteiger partial charge in [0, 0.05) is 31.6 Å². The van der Waals surface area contributed by atoms with Crippen molar-refractivity contribution in [2.75, 3.05) is 6.61 Å². The van der Waals surface area contributed by atoms with Crippen LogP contribution in [0.2, 0.25) is 0 Å². The molecule has 0 saturated carbocycles. The van der Waals surface area contributed by atoms with Gasteiger partial charge in [0.1, 0.15) is 12.0 Å². The number of aromatic nitrogens is 2. The maximum Gasteiger partial charge on any atom is 0.340 e. The van der Waals surface area contributed by atoms with E-state index in [-0.39, 0.29) is 29.7 Å². The molecule has 184 valence electrons. The van der Waals surface area contributed by atoms with Crippen molar-refractivity contribution in [2.24, 2.45) is 14.1 Å². The lowest BCUT2D eigenvalue weighted by atomic mass is 10.1. The third-order valence-electron chi connectivity index (χ3n) is 5.68. The van der Waals surface area contributed by atoms with E-state index >= 15 is 0 Å². The maximum absolute atomic E-state index is 12.8. The molecular formula is C26H23N3O7. The van der Waals surface area contributed by atoms with Crippen molar-refractivity contribution in [1.82, 2.24) is 14.5 Å². The van der Waals surface area contributed by atoms with Gasteiger partial charge in [-0.2, -0.15) is 0 Å². The van der Waals surface area contributed by atoms with Crippen molar-refractivity contribution in [1.29, 1.82) is 0 Å². The summed E-state index contributed by atoms with van der Waals surface area (Å²) in [6.45, 7) is -0.241. The average Bonchev–Trinajstić information content (AvgIpc) is 2.90. The Kier molecular flexibility index (Phi) is 6.95. The number of ether oxygens (including phenoxy) is 1. The molecule has 0 aliphatic rings. The zero-order valence-electron chi connectivity index (χ0n) is 19.6. The summed E-state index contributed by atoms with van der Waals surface area (Å²) < 4.78 is 12.7. The number of carbonyl (C=O) groups excluding carboxylic acids is 2. The minimum Gasteiger partial charge on any atom is -0.460 e. The van der Waals surface area contributed by atoms with E-state index < -0.39 is 34.8 Å². The van der Waals surface area contributed by atoms with E-state index in [9.17, 15) is 24.0 Å². The van der Waals surface area contributed by atoms with Crippen LogP contribution in [-0.2, 0) is 25.3 Å². The molecule has 1 atom stereocenters. The van der Waals surface area contributed by atoms with Gasteiger partial charge in [-0.1, -0.05) is 36.4 Å². The van der Waals surface area contributed by atoms with E-state index in [1.807, 2.05) is 0 Å². The minimum absolute atomic E-state index is 0.0311. The van der Waals surface area contributed by atoms with Gasteiger partial charge in [0.25, 0.3) is 11.5 Å². The molecule has 4 rings (SSSR count). The number of hydrogen-bond acceptors (Lipinski definition) is 7. The van der Waals surface area contributed by atoms with E-state index in [1.165, 1.54) is 20.2 Å². The first-order valence-electron chi connectivity index (χ1n) is 11.1. The van der Waals surface area contributed by atoms with Crippen LogP contribution in [0.3, 0.4) is 0 Å². The number of aryl methyl sites for hydroxylation is 1. The average molecular weight is 489 g/mol. The molecule has 0 fully saturated rings. The number of nitrogens with one attached hydrogen (secondary N) is 1. The number of carbonyl (C=O) groups is 2. The number of esters is 1. The lowest BCUT2D eigenvalue weighted by molar-refractivity contribution is 0.0456. The highest BCUT2D eigenvalue weighted by molar-refractivity contribution is 5.94. The quantitative estimate of drug-likeness (QED) is 0.388. The highest BCUT2D eigenvalue weighted by atomic mass is 16.5. The lowest BCUT2D eigenvalue weighted by Crippen LogP contribution is -2.41. The molecule has 0 saturated heterocycles. The molecule has 1 N–H and O–H groups in total. The molecule has 0 bridgehead atoms. The van der Waals surface area contributed by atoms with Crippen LogP contribution in [0.25, 0.3) is 11.1 Å². The van der Waals surface area contributed by atoms with Crippen LogP contribution in [0, 0.1) is 0 Å². The summed E-state index contributed by atoms with van der Waals surface area (Å²) in [5.74, 6) is -1.02. The number of rotatable bonds is 7. The van der Waals surface area contributed by atoms with Crippen molar-refractivity contribution >= 4 is 23.0 Å². The molecule has 0 aliphatic heterocycles. The van der Waals surface area contributed by atoms with Crippen LogP contribution in [-0.4, -0.2) is 33.7 Å². The Balaban J connectivity index is 1.65. The zero-order chi connectivity index (χ0) is 25.8. The Labute approximate surface area is 204 Å². The molecular weight excluding hydrogens is 466 g/mol. The van der Waals surface area contributed by atoms with Gasteiger partial charge in [-0.3, -0.25) is 18.7 Å². The molecule has 0 unspecified atom stereocenters. The first kappa shape index (κ1) is 24.4. The van der Waals surface area contributed by atoms with Gasteiger partial charge < -0.3 is 14.5 Å². The second kappa shape index (κ2) is 10.3. The Morgan fingerprint density at radius 1 is 0.917 bits per heavy atom. The Morgan fingerprint density at radius 3 is 2.17 bits per heavy atom. The summed E-state index contributed by atoms with van der Waals surface area (Å²) in [6, 6.07) is 17.3. The summed E-state index contributed by atoms with van der Waals surface area (Å²) in [7, 11) is 2.71. The molecule has 0 aliphatic carbocycles. The largest absolute Gasteiger partial charge is 0.460 e. The Bertz CT molecular complexity index is 1600. The van der Waals surface area contributed by atoms with Crippen LogP contribution in [0.1, 0.15) is 26.3 Å². The second-order valence-electron chi connectivity index (χ2n) is 8.19. The third-order valence-corrected chi connectivity index (χ3v) is 5.68. The van der Waals surface area contributed by atoms with Gasteiger partial charge in [0.2, 0.25) is 5.71 Å². The van der Waals surface area contributed by atoms with Crippen LogP contribution >= 0.6 is 0 Å². The molecule has 0 spiro atoms. The summed E-state index contributed by atoms with van der Waals surface area (Å²) >= 11 is 0. The van der Waals surface area contributed by atoms with Gasteiger partial charge in [0.05, 0.1) is 11.6 Å². The van der Waals surface area contributed by atoms with E-state index in [2.05, 4.69) is 5.32 Å². The predicted molar refractivity (Wildman–Crippen MR) is 131 cm³/mol. The van der Waals surface area contributed by atoms with Gasteiger partial charge in [-0.05, 0) is 30.3 Å². The summed E-state index contributed by atoms with van der Waals surface area (Å²) in [4.78, 5) is 62.8. The monoisotopic (exact) mass is 489 g/mol. The van der Waals surface area contributed by atoms with E-state index in [0.717, 1.165) is 9.13 Å². The molecule has 0 radical (unpaired) electrons. The zero-order valence-corrected chi connectivity index (χ0v) is 19.6. The predicted octanol–water partition coefficient (Wildman–Crippen LogP) is 1.39. The number of benzene rings is 2. The van der Waals surface area contributed by atoms with E-state index in [4.69, 9.17) is 9.15 Å². The lowest BCUT2D eigenvalue weighted by Gasteiger charge is -2.19. The van der Waals surface area contributed by atoms with Crippen molar-refractivity contribution in [3.8, 4) is 0 Å². The van der Waals surface area contributed by atoms with E-state index in [0.29, 0.717) is 11.1 Å². The highest BCUT2D eigenvalue weighted by Gasteiger charge is 2.21. The molecule has 2 aromatic heterocycles. The Hall–Kier alpha value is -4.73. The van der Waals surface area contributed by atoms with Gasteiger partial charge in [-0.25, -0.2) is 14.4 Å². The third kappa shape index (κ3) is 5.02. The van der Waals surface area contributed by atoms with Gasteiger partial charge in [0.15, 0.2) is 0 Å². The number of fused-ring (bicyclic) bond motifs is 1. The highest BCUT2D eigenvalue weighted by Crippen LogP contribution is 2.10. The fourth-order valence-corrected chi connectivity index (χ4v) is 3.74.